The van der Waals surface area contributed by atoms with Gasteiger partial charge in [-0.15, -0.1) is 6.42 Å². The minimum atomic E-state index is -2.34. The topological polar surface area (TPSA) is 551 Å². The van der Waals surface area contributed by atoms with E-state index in [4.69, 9.17) is 57.9 Å². The molecule has 6 aromatic carbocycles. The highest BCUT2D eigenvalue weighted by atomic mass is 35.5. The van der Waals surface area contributed by atoms with Crippen LogP contribution in [-0.2, 0) is 57.4 Å². The number of nitrogens with two attached hydrogens (primary N) is 2. The summed E-state index contributed by atoms with van der Waals surface area (Å²) < 4.78 is 38.6. The van der Waals surface area contributed by atoms with E-state index in [1.165, 1.54) is 69.4 Å². The molecule has 594 valence electrons. The molecule has 18 atom stereocenters. The predicted molar refractivity (Wildman–Crippen MR) is 393 cm³/mol. The molecule has 2 fully saturated rings. The summed E-state index contributed by atoms with van der Waals surface area (Å²) >= 11 is 7.15. The normalized spacial score (nSPS) is 27.5. The standard InChI is InChI=1S/C76H84ClN11O24/c1-7-33-8-14-38(15-9-33)82-53(94)29-81-70(102)58-42-25-39(90)26-47(92)55(42)41-21-35(12-18-46(41)91)56-71(103)88-60(74(106)86-58)62(96)36-13-19-48(43(77)22-36)109-50-24-37-23-49(65(50)112-75-66(64(98)63(97)51(30-89)110-75)111-54-28-76(5,79)67(99)32(4)107-54)108-40-16-10-34(11-17-40)61(95)59(87-68(100)44(80-6)20-31(2)3)73(105)83-45(27-52(78)93)69(101)84-57(37)72(104)85-56/h1,8-19,21-26,31-32,44-45,51,54,56-64,66-67,75,80,89-92,95-99H,20,27-30,79H2,2-6H3,(H2,78,93)(H,81,102)(H,82,94)(H,83,105)(H,84,101)(H,85,104)(H,86,106)(H,87,100)(H,88,103)/t32-,44+,45-,51+,54?,56+,57?,58?,59+,60-,61+,62+,63+,64-,66+,67+,75-,76-/m0/s1. The number of ether oxygens (including phenoxy) is 6. The molecular formula is C76H84ClN11O24. The fourth-order valence-corrected chi connectivity index (χ4v) is 13.8. The number of hydrogen-bond acceptors (Lipinski definition) is 26. The van der Waals surface area contributed by atoms with Gasteiger partial charge in [-0.3, -0.25) is 43.2 Å². The van der Waals surface area contributed by atoms with Gasteiger partial charge in [-0.1, -0.05) is 55.6 Å². The van der Waals surface area contributed by atoms with Crippen molar-refractivity contribution in [2.24, 2.45) is 17.4 Å². The van der Waals surface area contributed by atoms with Crippen LogP contribution in [0.15, 0.2) is 109 Å². The van der Waals surface area contributed by atoms with Crippen molar-refractivity contribution in [1.29, 1.82) is 0 Å². The largest absolute Gasteiger partial charge is 0.508 e. The number of hydrogen-bond donors (Lipinski definition) is 20. The molecule has 0 saturated carbocycles. The monoisotopic (exact) mass is 1570 g/mol. The number of amides is 9. The van der Waals surface area contributed by atoms with Gasteiger partial charge in [0.1, 0.15) is 95.5 Å². The average Bonchev–Trinajstić information content (AvgIpc) is 0.766. The first-order valence-corrected chi connectivity index (χ1v) is 35.7. The lowest BCUT2D eigenvalue weighted by Crippen LogP contribution is -2.64. The highest BCUT2D eigenvalue weighted by Crippen LogP contribution is 2.49. The number of fused-ring (bicyclic) bond motifs is 15. The van der Waals surface area contributed by atoms with Gasteiger partial charge in [-0.25, -0.2) is 0 Å². The van der Waals surface area contributed by atoms with E-state index in [-0.39, 0.29) is 52.6 Å². The maximum absolute atomic E-state index is 16.2. The van der Waals surface area contributed by atoms with Crippen LogP contribution in [0.3, 0.4) is 0 Å². The average molecular weight is 1570 g/mol. The van der Waals surface area contributed by atoms with Crippen LogP contribution in [0.1, 0.15) is 111 Å². The van der Waals surface area contributed by atoms with Crippen LogP contribution in [0.25, 0.3) is 11.1 Å². The molecule has 6 aromatic rings. The number of phenolic OH excluding ortho intramolecular Hbond substituents is 3. The zero-order chi connectivity index (χ0) is 81.1. The second-order valence-electron chi connectivity index (χ2n) is 28.2. The fourth-order valence-electron chi connectivity index (χ4n) is 13.6. The lowest BCUT2D eigenvalue weighted by atomic mass is 9.86. The molecule has 13 rings (SSSR count). The van der Waals surface area contributed by atoms with Crippen LogP contribution in [-0.4, -0.2) is 198 Å². The van der Waals surface area contributed by atoms with E-state index in [2.05, 4.69) is 53.8 Å². The number of halogens is 1. The summed E-state index contributed by atoms with van der Waals surface area (Å²) in [7, 11) is 1.48. The number of nitrogens with one attached hydrogen (secondary N) is 9. The smallest absolute Gasteiger partial charge is 0.248 e. The molecule has 0 aromatic heterocycles. The molecule has 9 amide bonds. The third kappa shape index (κ3) is 18.0. The first-order valence-electron chi connectivity index (χ1n) is 35.3. The Hall–Kier alpha value is -11.2. The minimum absolute atomic E-state index is 0.0549. The highest BCUT2D eigenvalue weighted by Gasteiger charge is 2.52. The van der Waals surface area contributed by atoms with Gasteiger partial charge in [0.15, 0.2) is 23.9 Å². The molecule has 2 saturated heterocycles. The summed E-state index contributed by atoms with van der Waals surface area (Å²) in [5.41, 5.74) is 9.07. The molecule has 3 unspecified atom stereocenters. The highest BCUT2D eigenvalue weighted by molar-refractivity contribution is 6.32. The van der Waals surface area contributed by atoms with Crippen LogP contribution in [0.2, 0.25) is 5.02 Å². The van der Waals surface area contributed by atoms with Crippen molar-refractivity contribution in [2.75, 3.05) is 25.5 Å². The molecule has 112 heavy (non-hydrogen) atoms. The van der Waals surface area contributed by atoms with Gasteiger partial charge >= 0.3 is 0 Å². The van der Waals surface area contributed by atoms with Crippen molar-refractivity contribution in [3.05, 3.63) is 148 Å². The number of phenols is 3. The van der Waals surface area contributed by atoms with Gasteiger partial charge in [0, 0.05) is 40.4 Å². The maximum Gasteiger partial charge on any atom is 0.248 e. The maximum atomic E-state index is 16.2. The van der Waals surface area contributed by atoms with Crippen LogP contribution >= 0.6 is 11.6 Å². The third-order valence-corrected chi connectivity index (χ3v) is 19.8. The van der Waals surface area contributed by atoms with Crippen LogP contribution in [0.4, 0.5) is 5.69 Å². The van der Waals surface area contributed by atoms with Crippen molar-refractivity contribution < 1.29 is 118 Å². The Morgan fingerprint density at radius 3 is 2.04 bits per heavy atom. The van der Waals surface area contributed by atoms with Gasteiger partial charge in [0.05, 0.1) is 42.8 Å². The Bertz CT molecular complexity index is 4660. The number of anilines is 1. The van der Waals surface area contributed by atoms with E-state index >= 15 is 19.2 Å². The number of aliphatic hydroxyl groups excluding tert-OH is 6. The number of benzene rings is 6. The Labute approximate surface area is 643 Å². The predicted octanol–water partition coefficient (Wildman–Crippen LogP) is 0.104. The Balaban J connectivity index is 1.12. The van der Waals surface area contributed by atoms with Crippen molar-refractivity contribution in [3.63, 3.8) is 0 Å². The summed E-state index contributed by atoms with van der Waals surface area (Å²) in [4.78, 5) is 133. The minimum Gasteiger partial charge on any atom is -0.508 e. The summed E-state index contributed by atoms with van der Waals surface area (Å²) in [6, 6.07) is 7.40. The van der Waals surface area contributed by atoms with Crippen molar-refractivity contribution in [3.8, 4) is 69.5 Å². The van der Waals surface area contributed by atoms with E-state index in [1.807, 2.05) is 13.8 Å². The Kier molecular flexibility index (Phi) is 24.9. The number of terminal acetylenes is 1. The Morgan fingerprint density at radius 2 is 1.39 bits per heavy atom. The van der Waals surface area contributed by atoms with Gasteiger partial charge in [0.2, 0.25) is 65.2 Å². The van der Waals surface area contributed by atoms with Crippen LogP contribution in [0.5, 0.6) is 46.0 Å². The van der Waals surface area contributed by atoms with E-state index < -0.39 is 244 Å². The van der Waals surface area contributed by atoms with E-state index in [9.17, 15) is 69.9 Å². The lowest BCUT2D eigenvalue weighted by Gasteiger charge is -2.47. The number of carbonyl (C=O) groups is 9. The van der Waals surface area contributed by atoms with Gasteiger partial charge in [0.25, 0.3) is 0 Å². The van der Waals surface area contributed by atoms with E-state index in [1.54, 1.807) is 0 Å². The second-order valence-corrected chi connectivity index (χ2v) is 28.7. The van der Waals surface area contributed by atoms with E-state index in [0.717, 1.165) is 60.7 Å². The van der Waals surface area contributed by atoms with Crippen molar-refractivity contribution in [1.82, 2.24) is 42.5 Å². The van der Waals surface area contributed by atoms with Gasteiger partial charge < -0.3 is 134 Å². The summed E-state index contributed by atoms with van der Waals surface area (Å²) in [5.74, 6) is -13.3. The quantitative estimate of drug-likeness (QED) is 0.0572. The number of primary amides is 1. The Morgan fingerprint density at radius 1 is 0.732 bits per heavy atom. The van der Waals surface area contributed by atoms with Gasteiger partial charge in [-0.05, 0) is 140 Å². The fraction of sp³-hybridized carbons (Fsp3) is 0.382. The molecular weight excluding hydrogens is 1490 g/mol. The zero-order valence-corrected chi connectivity index (χ0v) is 61.3. The molecule has 0 radical (unpaired) electrons. The second kappa shape index (κ2) is 34.2. The van der Waals surface area contributed by atoms with Crippen LogP contribution < -0.4 is 73.5 Å². The number of aromatic hydroxyl groups is 3. The number of likely N-dealkylation sites (N-methyl/N-ethyl adjacent to an activating group) is 1. The van der Waals surface area contributed by atoms with Crippen LogP contribution in [0, 0.1) is 18.3 Å². The third-order valence-electron chi connectivity index (χ3n) is 19.5. The summed E-state index contributed by atoms with van der Waals surface area (Å²) in [6.07, 6.45) is -12.9. The van der Waals surface area contributed by atoms with Crippen molar-refractivity contribution in [2.45, 2.75) is 156 Å². The van der Waals surface area contributed by atoms with Crippen molar-refractivity contribution >= 4 is 70.5 Å². The molecule has 7 aliphatic rings. The zero-order valence-electron chi connectivity index (χ0n) is 60.6. The number of carbonyl (C=O) groups excluding carboxylic acids is 9. The molecule has 22 N–H and O–H groups in total. The summed E-state index contributed by atoms with van der Waals surface area (Å²) in [6.45, 7) is 4.89. The molecule has 0 aliphatic carbocycles. The number of rotatable bonds is 16. The molecule has 0 spiro atoms. The SMILES string of the molecule is C#Cc1ccc(NC(=O)CNC(=O)C2NC(=O)[C@H]3NC(=O)[C@H](NC(=O)C4NC(=O)[C@H](CC(N)=O)NC(=O)[C@H](NC(=O)[C@@H](CC(C)C)NC)[C@H](O)c5ccc(cc5)Oc5cc4cc(c5O[C@@H]4O[C@H](CO)[C@@H](O)[C@H](O)[C@H]4OC4C[C@](C)(N)[C@H](O)[C@H](C)O4)Oc4ccc(cc4Cl)[C@H]3O)c3ccc(O)c(c3)-c3c(O)cc(O)cc32)cc1. The molecule has 7 heterocycles. The molecule has 7 aliphatic heterocycles. The first kappa shape index (κ1) is 81.7. The molecule has 36 heteroatoms. The summed E-state index contributed by atoms with van der Waals surface area (Å²) in [5, 5.41) is 127. The molecule has 11 bridgehead atoms. The number of aliphatic hydroxyl groups is 6. The lowest BCUT2D eigenvalue weighted by molar-refractivity contribution is -0.333. The van der Waals surface area contributed by atoms with E-state index in [0.29, 0.717) is 5.56 Å². The first-order chi connectivity index (χ1) is 53.1. The van der Waals surface area contributed by atoms with Gasteiger partial charge in [-0.2, -0.15) is 0 Å². The molecule has 35 nitrogen and oxygen atoms in total.